The van der Waals surface area contributed by atoms with Crippen LogP contribution >= 0.6 is 0 Å². The highest BCUT2D eigenvalue weighted by atomic mass is 16.7. The van der Waals surface area contributed by atoms with Gasteiger partial charge in [-0.15, -0.1) is 0 Å². The number of nitrogen functional groups attached to an aromatic ring is 1. The number of nitrogens with zero attached hydrogens (tertiary/aromatic N) is 2. The van der Waals surface area contributed by atoms with Gasteiger partial charge >= 0.3 is 0 Å². The molecule has 0 bridgehead atoms. The third kappa shape index (κ3) is 2.89. The van der Waals surface area contributed by atoms with E-state index in [-0.39, 0.29) is 29.3 Å². The van der Waals surface area contributed by atoms with Gasteiger partial charge in [-0.1, -0.05) is 12.1 Å². The quantitative estimate of drug-likeness (QED) is 0.707. The first-order valence-electron chi connectivity index (χ1n) is 8.51. The van der Waals surface area contributed by atoms with Crippen LogP contribution in [0, 0.1) is 22.7 Å². The molecule has 0 saturated carbocycles. The number of methoxy groups -OCH3 is 1. The smallest absolute Gasteiger partial charge is 0.268 e. The third-order valence-electron chi connectivity index (χ3n) is 4.65. The van der Waals surface area contributed by atoms with Crippen molar-refractivity contribution in [1.82, 2.24) is 4.98 Å². The molecule has 0 unspecified atom stereocenters. The highest BCUT2D eigenvalue weighted by Crippen LogP contribution is 2.44. The minimum Gasteiger partial charge on any atom is -0.497 e. The molecule has 8 heteroatoms. The lowest BCUT2D eigenvalue weighted by atomic mass is 9.89. The van der Waals surface area contributed by atoms with Crippen molar-refractivity contribution in [2.45, 2.75) is 0 Å². The molecule has 1 aliphatic heterocycles. The van der Waals surface area contributed by atoms with Crippen molar-refractivity contribution in [3.05, 3.63) is 57.9 Å². The number of aromatic amines is 1. The Hall–Kier alpha value is -4.43. The molecule has 29 heavy (non-hydrogen) atoms. The summed E-state index contributed by atoms with van der Waals surface area (Å²) in [7, 11) is 1.57. The third-order valence-corrected chi connectivity index (χ3v) is 4.65. The van der Waals surface area contributed by atoms with Crippen LogP contribution in [0.5, 0.6) is 17.2 Å². The van der Waals surface area contributed by atoms with Gasteiger partial charge in [0.25, 0.3) is 5.56 Å². The maximum Gasteiger partial charge on any atom is 0.268 e. The zero-order chi connectivity index (χ0) is 20.5. The minimum atomic E-state index is -0.669. The van der Waals surface area contributed by atoms with Gasteiger partial charge in [-0.2, -0.15) is 10.5 Å². The van der Waals surface area contributed by atoms with Crippen molar-refractivity contribution in [3.63, 3.8) is 0 Å². The molecular weight excluding hydrogens is 372 g/mol. The van der Waals surface area contributed by atoms with Crippen molar-refractivity contribution in [2.24, 2.45) is 0 Å². The molecule has 2 aromatic carbocycles. The summed E-state index contributed by atoms with van der Waals surface area (Å²) in [4.78, 5) is 14.7. The standard InChI is InChI=1S/C21H14N4O4/c1-27-12-4-2-11(3-5-12)13-6-17-18(29-10-28-17)7-14(13)19-15(8-22)20(24)25-21(26)16(19)9-23/h2-7H,10H2,1H3,(H3,24,25,26). The summed E-state index contributed by atoms with van der Waals surface area (Å²) in [6.07, 6.45) is 0. The Morgan fingerprint density at radius 3 is 2.24 bits per heavy atom. The predicted octanol–water partition coefficient (Wildman–Crippen LogP) is 2.77. The number of benzene rings is 2. The molecule has 1 aliphatic rings. The molecule has 2 heterocycles. The topological polar surface area (TPSA) is 134 Å². The summed E-state index contributed by atoms with van der Waals surface area (Å²) in [5.74, 6) is 1.54. The molecule has 0 fully saturated rings. The summed E-state index contributed by atoms with van der Waals surface area (Å²) < 4.78 is 16.2. The fourth-order valence-electron chi connectivity index (χ4n) is 3.27. The second-order valence-electron chi connectivity index (χ2n) is 6.20. The predicted molar refractivity (Wildman–Crippen MR) is 104 cm³/mol. The van der Waals surface area contributed by atoms with Gasteiger partial charge in [-0.3, -0.25) is 4.79 Å². The van der Waals surface area contributed by atoms with Crippen LogP contribution in [-0.4, -0.2) is 18.9 Å². The lowest BCUT2D eigenvalue weighted by Crippen LogP contribution is -2.16. The number of rotatable bonds is 3. The second-order valence-corrected chi connectivity index (χ2v) is 6.20. The fourth-order valence-corrected chi connectivity index (χ4v) is 3.27. The zero-order valence-electron chi connectivity index (χ0n) is 15.3. The molecule has 0 aliphatic carbocycles. The number of nitrogens with one attached hydrogen (secondary N) is 1. The van der Waals surface area contributed by atoms with E-state index >= 15 is 0 Å². The number of pyridine rings is 1. The molecule has 0 amide bonds. The van der Waals surface area contributed by atoms with Gasteiger partial charge in [-0.25, -0.2) is 0 Å². The Bertz CT molecular complexity index is 1260. The number of nitriles is 2. The lowest BCUT2D eigenvalue weighted by molar-refractivity contribution is 0.174. The molecule has 8 nitrogen and oxygen atoms in total. The Kier molecular flexibility index (Phi) is 4.30. The van der Waals surface area contributed by atoms with Crippen LogP contribution in [0.25, 0.3) is 22.3 Å². The van der Waals surface area contributed by atoms with Crippen molar-refractivity contribution in [3.8, 4) is 51.6 Å². The number of hydrogen-bond donors (Lipinski definition) is 2. The average molecular weight is 386 g/mol. The monoisotopic (exact) mass is 386 g/mol. The van der Waals surface area contributed by atoms with Crippen LogP contribution in [-0.2, 0) is 0 Å². The second kappa shape index (κ2) is 6.95. The van der Waals surface area contributed by atoms with E-state index in [1.807, 2.05) is 24.3 Å². The van der Waals surface area contributed by atoms with Crippen LogP contribution in [0.2, 0.25) is 0 Å². The Balaban J connectivity index is 2.09. The number of H-pyrrole nitrogens is 1. The van der Waals surface area contributed by atoms with E-state index in [0.717, 1.165) is 5.56 Å². The highest BCUT2D eigenvalue weighted by Gasteiger charge is 2.25. The molecule has 0 spiro atoms. The maximum atomic E-state index is 12.4. The first kappa shape index (κ1) is 18.0. The molecule has 142 valence electrons. The number of aromatic nitrogens is 1. The minimum absolute atomic E-state index is 0.00905. The molecule has 4 rings (SSSR count). The van der Waals surface area contributed by atoms with E-state index in [2.05, 4.69) is 4.98 Å². The van der Waals surface area contributed by atoms with E-state index < -0.39 is 5.56 Å². The van der Waals surface area contributed by atoms with E-state index in [4.69, 9.17) is 19.9 Å². The molecule has 0 atom stereocenters. The van der Waals surface area contributed by atoms with Gasteiger partial charge < -0.3 is 24.9 Å². The van der Waals surface area contributed by atoms with Crippen LogP contribution < -0.4 is 25.5 Å². The Morgan fingerprint density at radius 1 is 1.03 bits per heavy atom. The highest BCUT2D eigenvalue weighted by molar-refractivity contribution is 5.92. The summed E-state index contributed by atoms with van der Waals surface area (Å²) >= 11 is 0. The normalized spacial score (nSPS) is 11.6. The molecule has 3 N–H and O–H groups in total. The van der Waals surface area contributed by atoms with Gasteiger partial charge in [0.05, 0.1) is 7.11 Å². The molecule has 0 saturated heterocycles. The first-order chi connectivity index (χ1) is 14.1. The van der Waals surface area contributed by atoms with Crippen molar-refractivity contribution < 1.29 is 14.2 Å². The lowest BCUT2D eigenvalue weighted by Gasteiger charge is -2.15. The van der Waals surface area contributed by atoms with E-state index in [0.29, 0.717) is 28.4 Å². The van der Waals surface area contributed by atoms with E-state index in [1.165, 1.54) is 0 Å². The number of fused-ring (bicyclic) bond motifs is 1. The Labute approximate surface area is 165 Å². The fraction of sp³-hybridized carbons (Fsp3) is 0.0952. The van der Waals surface area contributed by atoms with Crippen LogP contribution in [0.1, 0.15) is 11.1 Å². The van der Waals surface area contributed by atoms with E-state index in [9.17, 15) is 15.3 Å². The zero-order valence-corrected chi connectivity index (χ0v) is 15.3. The van der Waals surface area contributed by atoms with Gasteiger partial charge in [-0.05, 0) is 41.0 Å². The Morgan fingerprint density at radius 2 is 1.66 bits per heavy atom. The molecule has 3 aromatic rings. The summed E-state index contributed by atoms with van der Waals surface area (Å²) in [5, 5.41) is 19.3. The largest absolute Gasteiger partial charge is 0.497 e. The maximum absolute atomic E-state index is 12.4. The average Bonchev–Trinajstić information content (AvgIpc) is 3.20. The summed E-state index contributed by atoms with van der Waals surface area (Å²) in [6, 6.07) is 14.5. The van der Waals surface area contributed by atoms with Crippen molar-refractivity contribution in [1.29, 1.82) is 10.5 Å². The number of ether oxygens (including phenoxy) is 3. The van der Waals surface area contributed by atoms with Crippen molar-refractivity contribution in [2.75, 3.05) is 19.6 Å². The van der Waals surface area contributed by atoms with Crippen molar-refractivity contribution >= 4 is 5.82 Å². The van der Waals surface area contributed by atoms with Gasteiger partial charge in [0.2, 0.25) is 6.79 Å². The van der Waals surface area contributed by atoms with Gasteiger partial charge in [0.1, 0.15) is 34.8 Å². The number of nitrogens with two attached hydrogens (primary N) is 1. The number of hydrogen-bond acceptors (Lipinski definition) is 7. The SMILES string of the molecule is COc1ccc(-c2cc3c(cc2-c2c(C#N)c(N)[nH]c(=O)c2C#N)OCO3)cc1. The summed E-state index contributed by atoms with van der Waals surface area (Å²) in [5.41, 5.74) is 7.04. The molecular formula is C21H14N4O4. The van der Waals surface area contributed by atoms with Gasteiger partial charge in [0, 0.05) is 5.56 Å². The van der Waals surface area contributed by atoms with Crippen LogP contribution in [0.4, 0.5) is 5.82 Å². The summed E-state index contributed by atoms with van der Waals surface area (Å²) in [6.45, 7) is 0.0502. The van der Waals surface area contributed by atoms with Crippen LogP contribution in [0.15, 0.2) is 41.2 Å². The van der Waals surface area contributed by atoms with E-state index in [1.54, 1.807) is 31.4 Å². The number of anilines is 1. The molecule has 0 radical (unpaired) electrons. The molecule has 1 aromatic heterocycles. The van der Waals surface area contributed by atoms with Crippen LogP contribution in [0.3, 0.4) is 0 Å². The first-order valence-corrected chi connectivity index (χ1v) is 8.51. The van der Waals surface area contributed by atoms with Gasteiger partial charge in [0.15, 0.2) is 11.5 Å².